The molecule has 1 aromatic rings. The van der Waals surface area contributed by atoms with E-state index in [-0.39, 0.29) is 18.4 Å². The number of carbonyl (C=O) groups excluding carboxylic acids is 1. The maximum atomic E-state index is 10.8. The van der Waals surface area contributed by atoms with Crippen LogP contribution in [0.25, 0.3) is 0 Å². The number of nitrogens with zero attached hydrogens (tertiary/aromatic N) is 1. The van der Waals surface area contributed by atoms with Gasteiger partial charge >= 0.3 is 0 Å². The van der Waals surface area contributed by atoms with Gasteiger partial charge in [0.2, 0.25) is 0 Å². The molecule has 6 nitrogen and oxygen atoms in total. The Balaban J connectivity index is 2.07. The molecule has 0 radical (unpaired) electrons. The van der Waals surface area contributed by atoms with Crippen LogP contribution in [0.5, 0.6) is 0 Å². The van der Waals surface area contributed by atoms with Gasteiger partial charge in [0.05, 0.1) is 13.2 Å². The van der Waals surface area contributed by atoms with Gasteiger partial charge in [-0.2, -0.15) is 0 Å². The number of thiazole rings is 1. The summed E-state index contributed by atoms with van der Waals surface area (Å²) in [4.78, 5) is 14.8. The lowest BCUT2D eigenvalue weighted by Gasteiger charge is -2.05. The topological polar surface area (TPSA) is 94.7 Å². The Labute approximate surface area is 89.6 Å². The lowest BCUT2D eigenvalue weighted by atomic mass is 10.4. The minimum atomic E-state index is -0.601. The zero-order valence-corrected chi connectivity index (χ0v) is 8.57. The Morgan fingerprint density at radius 1 is 1.80 bits per heavy atom. The van der Waals surface area contributed by atoms with Gasteiger partial charge in [0.25, 0.3) is 5.91 Å². The largest absolute Gasteiger partial charge is 0.391 e. The summed E-state index contributed by atoms with van der Waals surface area (Å²) in [5, 5.41) is 11.0. The predicted molar refractivity (Wildman–Crippen MR) is 51.3 cm³/mol. The summed E-state index contributed by atoms with van der Waals surface area (Å²) in [5.41, 5.74) is 5.30. The minimum Gasteiger partial charge on any atom is -0.391 e. The van der Waals surface area contributed by atoms with Crippen LogP contribution in [0, 0.1) is 0 Å². The Bertz CT molecular complexity index is 367. The Morgan fingerprint density at radius 2 is 2.60 bits per heavy atom. The summed E-state index contributed by atoms with van der Waals surface area (Å²) in [6, 6.07) is 0. The fourth-order valence-corrected chi connectivity index (χ4v) is 2.06. The molecule has 15 heavy (non-hydrogen) atoms. The van der Waals surface area contributed by atoms with Crippen molar-refractivity contribution in [2.45, 2.75) is 12.4 Å². The van der Waals surface area contributed by atoms with Crippen LogP contribution in [-0.2, 0) is 9.47 Å². The fraction of sp³-hybridized carbons (Fsp3) is 0.500. The normalized spacial score (nSPS) is 25.7. The first-order chi connectivity index (χ1) is 7.20. The Morgan fingerprint density at radius 3 is 3.13 bits per heavy atom. The van der Waals surface area contributed by atoms with Crippen LogP contribution >= 0.6 is 11.3 Å². The molecule has 82 valence electrons. The fourth-order valence-electron chi connectivity index (χ4n) is 1.23. The molecule has 0 aromatic carbocycles. The van der Waals surface area contributed by atoms with Gasteiger partial charge in [0, 0.05) is 5.38 Å². The highest BCUT2D eigenvalue weighted by molar-refractivity contribution is 7.09. The summed E-state index contributed by atoms with van der Waals surface area (Å²) in [6.45, 7) is 0.140. The number of carbonyl (C=O) groups is 1. The molecule has 0 spiro atoms. The third-order valence-electron chi connectivity index (χ3n) is 1.95. The minimum absolute atomic E-state index is 0.190. The summed E-state index contributed by atoms with van der Waals surface area (Å²) in [7, 11) is 0. The molecule has 0 aliphatic carbocycles. The van der Waals surface area contributed by atoms with Gasteiger partial charge in [-0.05, 0) is 0 Å². The third kappa shape index (κ3) is 2.15. The number of rotatable bonds is 3. The molecule has 2 atom stereocenters. The van der Waals surface area contributed by atoms with Crippen molar-refractivity contribution >= 4 is 17.2 Å². The van der Waals surface area contributed by atoms with Crippen LogP contribution in [0.4, 0.5) is 0 Å². The number of primary amides is 1. The SMILES string of the molecule is NC(=O)c1csc([C@H]2CO[C@H](CO)O2)n1. The van der Waals surface area contributed by atoms with E-state index in [2.05, 4.69) is 4.98 Å². The zero-order valence-electron chi connectivity index (χ0n) is 7.75. The van der Waals surface area contributed by atoms with E-state index in [0.717, 1.165) is 0 Å². The van der Waals surface area contributed by atoms with E-state index in [1.165, 1.54) is 11.3 Å². The van der Waals surface area contributed by atoms with Crippen LogP contribution < -0.4 is 5.73 Å². The van der Waals surface area contributed by atoms with Crippen LogP contribution in [0.3, 0.4) is 0 Å². The summed E-state index contributed by atoms with van der Waals surface area (Å²) < 4.78 is 10.4. The van der Waals surface area contributed by atoms with Crippen LogP contribution in [-0.4, -0.2) is 35.5 Å². The number of aromatic nitrogens is 1. The number of aliphatic hydroxyl groups is 1. The highest BCUT2D eigenvalue weighted by atomic mass is 32.1. The van der Waals surface area contributed by atoms with E-state index in [1.807, 2.05) is 0 Å². The molecule has 1 saturated heterocycles. The molecule has 2 rings (SSSR count). The average Bonchev–Trinajstić information content (AvgIpc) is 2.86. The van der Waals surface area contributed by atoms with Crippen LogP contribution in [0.1, 0.15) is 21.6 Å². The van der Waals surface area contributed by atoms with E-state index in [9.17, 15) is 4.79 Å². The lowest BCUT2D eigenvalue weighted by molar-refractivity contribution is -0.0882. The maximum Gasteiger partial charge on any atom is 0.268 e. The molecule has 2 heterocycles. The number of aliphatic hydroxyl groups excluding tert-OH is 1. The molecule has 7 heteroatoms. The third-order valence-corrected chi connectivity index (χ3v) is 2.89. The second-order valence-electron chi connectivity index (χ2n) is 3.01. The number of amides is 1. The highest BCUT2D eigenvalue weighted by Crippen LogP contribution is 2.28. The van der Waals surface area contributed by atoms with Gasteiger partial charge in [-0.1, -0.05) is 0 Å². The van der Waals surface area contributed by atoms with Crippen molar-refractivity contribution in [2.24, 2.45) is 5.73 Å². The number of hydrogen-bond donors (Lipinski definition) is 2. The van der Waals surface area contributed by atoms with E-state index < -0.39 is 12.2 Å². The Kier molecular flexibility index (Phi) is 2.96. The average molecular weight is 230 g/mol. The smallest absolute Gasteiger partial charge is 0.268 e. The first-order valence-electron chi connectivity index (χ1n) is 4.34. The van der Waals surface area contributed by atoms with Gasteiger partial charge in [-0.15, -0.1) is 11.3 Å². The van der Waals surface area contributed by atoms with Gasteiger partial charge in [-0.25, -0.2) is 4.98 Å². The number of ether oxygens (including phenoxy) is 2. The van der Waals surface area contributed by atoms with Gasteiger partial charge in [0.1, 0.15) is 16.8 Å². The molecule has 3 N–H and O–H groups in total. The summed E-state index contributed by atoms with van der Waals surface area (Å²) in [6.07, 6.45) is -0.920. The highest BCUT2D eigenvalue weighted by Gasteiger charge is 2.29. The van der Waals surface area contributed by atoms with Gasteiger partial charge in [-0.3, -0.25) is 4.79 Å². The van der Waals surface area contributed by atoms with Crippen molar-refractivity contribution in [3.8, 4) is 0 Å². The Hall–Kier alpha value is -1.02. The first-order valence-corrected chi connectivity index (χ1v) is 5.22. The zero-order chi connectivity index (χ0) is 10.8. The summed E-state index contributed by atoms with van der Waals surface area (Å²) >= 11 is 1.29. The van der Waals surface area contributed by atoms with Crippen molar-refractivity contribution in [1.29, 1.82) is 0 Å². The van der Waals surface area contributed by atoms with E-state index in [4.69, 9.17) is 20.3 Å². The van der Waals surface area contributed by atoms with E-state index >= 15 is 0 Å². The van der Waals surface area contributed by atoms with Crippen molar-refractivity contribution in [1.82, 2.24) is 4.98 Å². The molecular weight excluding hydrogens is 220 g/mol. The van der Waals surface area contributed by atoms with Crippen molar-refractivity contribution in [3.63, 3.8) is 0 Å². The standard InChI is InChI=1S/C8H10N2O4S/c9-7(12)4-3-15-8(10-4)5-2-13-6(1-11)14-5/h3,5-6,11H,1-2H2,(H2,9,12)/t5-,6+/m1/s1. The second kappa shape index (κ2) is 4.23. The molecule has 1 aromatic heterocycles. The van der Waals surface area contributed by atoms with Gasteiger partial charge < -0.3 is 20.3 Å². The van der Waals surface area contributed by atoms with Crippen molar-refractivity contribution in [3.05, 3.63) is 16.1 Å². The van der Waals surface area contributed by atoms with Crippen LogP contribution in [0.2, 0.25) is 0 Å². The molecule has 1 amide bonds. The molecule has 1 aliphatic rings. The number of nitrogens with two attached hydrogens (primary N) is 1. The molecule has 0 saturated carbocycles. The van der Waals surface area contributed by atoms with Crippen molar-refractivity contribution in [2.75, 3.05) is 13.2 Å². The molecule has 1 fully saturated rings. The van der Waals surface area contributed by atoms with Gasteiger partial charge in [0.15, 0.2) is 6.29 Å². The molecule has 0 unspecified atom stereocenters. The molecular formula is C8H10N2O4S. The lowest BCUT2D eigenvalue weighted by Crippen LogP contribution is -2.13. The molecule has 0 bridgehead atoms. The second-order valence-corrected chi connectivity index (χ2v) is 3.90. The predicted octanol–water partition coefficient (Wildman–Crippen LogP) is -0.352. The molecule has 1 aliphatic heterocycles. The quantitative estimate of drug-likeness (QED) is 0.740. The monoisotopic (exact) mass is 230 g/mol. The van der Waals surface area contributed by atoms with E-state index in [0.29, 0.717) is 11.6 Å². The number of hydrogen-bond acceptors (Lipinski definition) is 6. The van der Waals surface area contributed by atoms with E-state index in [1.54, 1.807) is 5.38 Å². The first kappa shape index (κ1) is 10.5. The summed E-state index contributed by atoms with van der Waals surface area (Å²) in [5.74, 6) is -0.560. The van der Waals surface area contributed by atoms with Crippen LogP contribution in [0.15, 0.2) is 5.38 Å². The maximum absolute atomic E-state index is 10.8. The van der Waals surface area contributed by atoms with Crippen molar-refractivity contribution < 1.29 is 19.4 Å².